The molecule has 0 unspecified atom stereocenters. The third-order valence-corrected chi connectivity index (χ3v) is 2.20. The molecular weight excluding hydrogens is 269 g/mol. The smallest absolute Gasteiger partial charge is 0.314 e. The highest BCUT2D eigenvalue weighted by Gasteiger charge is 2.25. The van der Waals surface area contributed by atoms with E-state index in [2.05, 4.69) is 0 Å². The van der Waals surface area contributed by atoms with Crippen molar-refractivity contribution < 1.29 is 23.6 Å². The number of nitrogens with zero attached hydrogens (tertiary/aromatic N) is 1. The van der Waals surface area contributed by atoms with Crippen molar-refractivity contribution in [1.82, 2.24) is 0 Å². The first-order chi connectivity index (χ1) is 9.11. The minimum atomic E-state index is -1.24. The Morgan fingerprint density at radius 3 is 2.45 bits per heavy atom. The van der Waals surface area contributed by atoms with Crippen molar-refractivity contribution >= 4 is 17.4 Å². The molecule has 1 aromatic carbocycles. The number of benzene rings is 1. The molecular formula is C13H14FNO5. The van der Waals surface area contributed by atoms with Crippen LogP contribution in [0.4, 0.5) is 10.1 Å². The summed E-state index contributed by atoms with van der Waals surface area (Å²) in [6, 6.07) is 3.22. The number of Topliss-reactive ketones (excluding diaryl/α,β-unsaturated/α-hetero) is 1. The summed E-state index contributed by atoms with van der Waals surface area (Å²) < 4.78 is 18.7. The Bertz CT molecular complexity index is 562. The van der Waals surface area contributed by atoms with E-state index < -0.39 is 45.8 Å². The predicted octanol–water partition coefficient (Wildman–Crippen LogP) is 2.65. The van der Waals surface area contributed by atoms with E-state index in [-0.39, 0.29) is 0 Å². The summed E-state index contributed by atoms with van der Waals surface area (Å²) in [4.78, 5) is 32.9. The molecule has 0 aromatic heterocycles. The van der Waals surface area contributed by atoms with E-state index in [4.69, 9.17) is 4.74 Å². The fourth-order valence-corrected chi connectivity index (χ4v) is 1.48. The van der Waals surface area contributed by atoms with Crippen molar-refractivity contribution in [2.24, 2.45) is 0 Å². The van der Waals surface area contributed by atoms with Gasteiger partial charge in [0.25, 0.3) is 0 Å². The third-order valence-electron chi connectivity index (χ3n) is 2.20. The zero-order valence-corrected chi connectivity index (χ0v) is 11.3. The van der Waals surface area contributed by atoms with Crippen LogP contribution in [0, 0.1) is 15.9 Å². The second kappa shape index (κ2) is 5.77. The van der Waals surface area contributed by atoms with Crippen LogP contribution in [0.15, 0.2) is 18.2 Å². The molecule has 20 heavy (non-hydrogen) atoms. The number of rotatable bonds is 4. The van der Waals surface area contributed by atoms with Crippen LogP contribution in [0.5, 0.6) is 0 Å². The van der Waals surface area contributed by atoms with E-state index in [1.165, 1.54) is 6.07 Å². The first-order valence-corrected chi connectivity index (χ1v) is 5.80. The molecule has 0 N–H and O–H groups in total. The molecule has 6 nitrogen and oxygen atoms in total. The average Bonchev–Trinajstić information content (AvgIpc) is 2.25. The molecule has 0 heterocycles. The van der Waals surface area contributed by atoms with Gasteiger partial charge in [-0.25, -0.2) is 0 Å². The Morgan fingerprint density at radius 1 is 1.35 bits per heavy atom. The molecule has 1 aromatic rings. The predicted molar refractivity (Wildman–Crippen MR) is 67.8 cm³/mol. The van der Waals surface area contributed by atoms with Crippen molar-refractivity contribution in [3.05, 3.63) is 39.7 Å². The monoisotopic (exact) mass is 283 g/mol. The Labute approximate surface area is 114 Å². The maximum Gasteiger partial charge on any atom is 0.314 e. The zero-order chi connectivity index (χ0) is 15.5. The second-order valence-electron chi connectivity index (χ2n) is 5.08. The van der Waals surface area contributed by atoms with Crippen molar-refractivity contribution in [3.8, 4) is 0 Å². The van der Waals surface area contributed by atoms with Crippen LogP contribution in [-0.4, -0.2) is 22.3 Å². The fraction of sp³-hybridized carbons (Fsp3) is 0.385. The van der Waals surface area contributed by atoms with Crippen LogP contribution in [0.2, 0.25) is 0 Å². The van der Waals surface area contributed by atoms with Gasteiger partial charge >= 0.3 is 11.7 Å². The van der Waals surface area contributed by atoms with E-state index in [0.717, 1.165) is 12.1 Å². The number of ether oxygens (including phenoxy) is 1. The van der Waals surface area contributed by atoms with Crippen molar-refractivity contribution in [2.75, 3.05) is 0 Å². The Morgan fingerprint density at radius 2 is 1.95 bits per heavy atom. The molecule has 0 saturated heterocycles. The molecule has 0 aliphatic carbocycles. The maximum absolute atomic E-state index is 13.7. The summed E-state index contributed by atoms with van der Waals surface area (Å²) in [5.41, 5.74) is -2.07. The number of hydrogen-bond acceptors (Lipinski definition) is 5. The van der Waals surface area contributed by atoms with Crippen LogP contribution >= 0.6 is 0 Å². The molecule has 0 radical (unpaired) electrons. The Balaban J connectivity index is 2.91. The molecule has 0 fully saturated rings. The highest BCUT2D eigenvalue weighted by Crippen LogP contribution is 2.21. The molecule has 0 bridgehead atoms. The van der Waals surface area contributed by atoms with Gasteiger partial charge in [0.2, 0.25) is 5.82 Å². The highest BCUT2D eigenvalue weighted by molar-refractivity contribution is 6.06. The van der Waals surface area contributed by atoms with Gasteiger partial charge in [-0.15, -0.1) is 0 Å². The van der Waals surface area contributed by atoms with Gasteiger partial charge in [-0.1, -0.05) is 6.07 Å². The van der Waals surface area contributed by atoms with Gasteiger partial charge in [0.05, 0.1) is 10.5 Å². The molecule has 7 heteroatoms. The Hall–Kier alpha value is -2.31. The molecule has 0 atom stereocenters. The molecule has 108 valence electrons. The summed E-state index contributed by atoms with van der Waals surface area (Å²) in [5, 5.41) is 10.6. The van der Waals surface area contributed by atoms with Crippen molar-refractivity contribution in [2.45, 2.75) is 32.8 Å². The normalized spacial score (nSPS) is 11.0. The van der Waals surface area contributed by atoms with Crippen LogP contribution in [-0.2, 0) is 9.53 Å². The number of halogens is 1. The topological polar surface area (TPSA) is 86.5 Å². The summed E-state index contributed by atoms with van der Waals surface area (Å²) in [7, 11) is 0. The molecule has 0 aliphatic rings. The average molecular weight is 283 g/mol. The molecule has 1 rings (SSSR count). The van der Waals surface area contributed by atoms with Crippen molar-refractivity contribution in [3.63, 3.8) is 0 Å². The van der Waals surface area contributed by atoms with Gasteiger partial charge < -0.3 is 4.74 Å². The van der Waals surface area contributed by atoms with Crippen LogP contribution in [0.1, 0.15) is 37.6 Å². The highest BCUT2D eigenvalue weighted by atomic mass is 19.1. The first-order valence-electron chi connectivity index (χ1n) is 5.80. The number of carbonyl (C=O) groups excluding carboxylic acids is 2. The van der Waals surface area contributed by atoms with E-state index >= 15 is 0 Å². The van der Waals surface area contributed by atoms with Gasteiger partial charge in [-0.05, 0) is 26.8 Å². The van der Waals surface area contributed by atoms with E-state index in [1.807, 2.05) is 0 Å². The van der Waals surface area contributed by atoms with Gasteiger partial charge in [-0.2, -0.15) is 4.39 Å². The number of ketones is 1. The van der Waals surface area contributed by atoms with Gasteiger partial charge in [0.1, 0.15) is 12.0 Å². The minimum absolute atomic E-state index is 0.495. The van der Waals surface area contributed by atoms with Crippen molar-refractivity contribution in [1.29, 1.82) is 0 Å². The number of carbonyl (C=O) groups is 2. The lowest BCUT2D eigenvalue weighted by Gasteiger charge is -2.19. The summed E-state index contributed by atoms with van der Waals surface area (Å²) in [6.45, 7) is 4.88. The number of nitro benzene ring substituents is 1. The van der Waals surface area contributed by atoms with E-state index in [0.29, 0.717) is 0 Å². The van der Waals surface area contributed by atoms with E-state index in [9.17, 15) is 24.1 Å². The standard InChI is InChI=1S/C13H14FNO5/c1-13(2,3)20-11(17)7-10(16)8-5-4-6-9(12(8)14)15(18)19/h4-6H,7H2,1-3H3. The quantitative estimate of drug-likeness (QED) is 0.279. The molecule has 0 amide bonds. The third kappa shape index (κ3) is 4.11. The maximum atomic E-state index is 13.7. The lowest BCUT2D eigenvalue weighted by atomic mass is 10.1. The molecule has 0 saturated carbocycles. The zero-order valence-electron chi connectivity index (χ0n) is 11.3. The largest absolute Gasteiger partial charge is 0.460 e. The molecule has 0 spiro atoms. The second-order valence-corrected chi connectivity index (χ2v) is 5.08. The lowest BCUT2D eigenvalue weighted by molar-refractivity contribution is -0.387. The summed E-state index contributed by atoms with van der Waals surface area (Å²) >= 11 is 0. The minimum Gasteiger partial charge on any atom is -0.460 e. The first kappa shape index (κ1) is 15.7. The fourth-order valence-electron chi connectivity index (χ4n) is 1.48. The summed E-state index contributed by atoms with van der Waals surface area (Å²) in [6.07, 6.45) is -0.671. The lowest BCUT2D eigenvalue weighted by Crippen LogP contribution is -2.25. The van der Waals surface area contributed by atoms with Gasteiger partial charge in [0, 0.05) is 6.07 Å². The number of hydrogen-bond donors (Lipinski definition) is 0. The van der Waals surface area contributed by atoms with E-state index in [1.54, 1.807) is 20.8 Å². The van der Waals surface area contributed by atoms with Crippen LogP contribution in [0.3, 0.4) is 0 Å². The van der Waals surface area contributed by atoms with Crippen LogP contribution in [0.25, 0.3) is 0 Å². The van der Waals surface area contributed by atoms with Gasteiger partial charge in [-0.3, -0.25) is 19.7 Å². The number of nitro groups is 1. The summed E-state index contributed by atoms with van der Waals surface area (Å²) in [5.74, 6) is -2.92. The Kier molecular flexibility index (Phi) is 4.54. The molecule has 0 aliphatic heterocycles. The SMILES string of the molecule is CC(C)(C)OC(=O)CC(=O)c1cccc([N+](=O)[O-])c1F. The van der Waals surface area contributed by atoms with Crippen LogP contribution < -0.4 is 0 Å². The number of esters is 1. The van der Waals surface area contributed by atoms with Gasteiger partial charge in [0.15, 0.2) is 5.78 Å².